The summed E-state index contributed by atoms with van der Waals surface area (Å²) in [4.78, 5) is 0. The van der Waals surface area contributed by atoms with Crippen LogP contribution in [0.2, 0.25) is 0 Å². The monoisotopic (exact) mass is 599 g/mol. The Balaban J connectivity index is 0.00000180. The van der Waals surface area contributed by atoms with E-state index in [4.69, 9.17) is 0 Å². The van der Waals surface area contributed by atoms with Gasteiger partial charge in [-0.2, -0.15) is 0 Å². The van der Waals surface area contributed by atoms with Crippen LogP contribution in [-0.4, -0.2) is 3.21 Å². The summed E-state index contributed by atoms with van der Waals surface area (Å²) < 4.78 is 3.79. The molecule has 0 radical (unpaired) electrons. The molecule has 1 fully saturated rings. The molecule has 4 aliphatic rings. The molecule has 0 amide bonds. The first-order valence-electron chi connectivity index (χ1n) is 13.3. The van der Waals surface area contributed by atoms with Crippen LogP contribution in [-0.2, 0) is 28.2 Å². The van der Waals surface area contributed by atoms with Crippen molar-refractivity contribution in [3.05, 3.63) is 78.5 Å². The van der Waals surface area contributed by atoms with Crippen LogP contribution in [0.15, 0.2) is 62.5 Å². The Morgan fingerprint density at radius 1 is 0.861 bits per heavy atom. The molecule has 1 aromatic carbocycles. The molecular weight excluding hydrogens is 558 g/mol. The number of allylic oxidation sites excluding steroid dienone is 8. The third kappa shape index (κ3) is 4.99. The van der Waals surface area contributed by atoms with E-state index in [2.05, 4.69) is 97.0 Å². The second-order valence-electron chi connectivity index (χ2n) is 12.8. The van der Waals surface area contributed by atoms with Crippen molar-refractivity contribution in [2.24, 2.45) is 10.8 Å². The number of hydrogen-bond acceptors (Lipinski definition) is 0. The fourth-order valence-corrected chi connectivity index (χ4v) is 11.7. The van der Waals surface area contributed by atoms with Gasteiger partial charge in [-0.15, -0.1) is 24.8 Å². The Labute approximate surface area is 242 Å². The molecule has 5 rings (SSSR count). The summed E-state index contributed by atoms with van der Waals surface area (Å²) in [5.74, 6) is 0. The summed E-state index contributed by atoms with van der Waals surface area (Å²) in [6.45, 7) is 16.8. The molecule has 193 valence electrons. The normalized spacial score (nSPS) is 23.1. The van der Waals surface area contributed by atoms with Crippen molar-refractivity contribution in [3.8, 4) is 0 Å². The number of hydrogen-bond donors (Lipinski definition) is 0. The molecule has 0 aliphatic heterocycles. The molecule has 4 aliphatic carbocycles. The molecule has 1 saturated carbocycles. The fourth-order valence-electron chi connectivity index (χ4n) is 6.53. The molecule has 3 heteroatoms. The maximum absolute atomic E-state index is 2.65. The first-order valence-corrected chi connectivity index (χ1v) is 15.8. The Hall–Kier alpha value is -0.747. The van der Waals surface area contributed by atoms with Gasteiger partial charge in [-0.1, -0.05) is 0 Å². The minimum absolute atomic E-state index is 0. The van der Waals surface area contributed by atoms with Gasteiger partial charge in [0.05, 0.1) is 0 Å². The van der Waals surface area contributed by atoms with Gasteiger partial charge in [0, 0.05) is 0 Å². The summed E-state index contributed by atoms with van der Waals surface area (Å²) in [5.41, 5.74) is 8.05. The molecule has 0 bridgehead atoms. The van der Waals surface area contributed by atoms with Gasteiger partial charge in [-0.05, 0) is 0 Å². The Morgan fingerprint density at radius 2 is 1.56 bits per heavy atom. The van der Waals surface area contributed by atoms with Crippen molar-refractivity contribution < 1.29 is 22.8 Å². The first kappa shape index (κ1) is 29.8. The van der Waals surface area contributed by atoms with Gasteiger partial charge in [-0.3, -0.25) is 0 Å². The van der Waals surface area contributed by atoms with Crippen LogP contribution < -0.4 is 10.4 Å². The average Bonchev–Trinajstić information content (AvgIpc) is 3.36. The van der Waals surface area contributed by atoms with E-state index in [1.165, 1.54) is 59.3 Å². The Kier molecular flexibility index (Phi) is 8.93. The maximum atomic E-state index is 2.65. The predicted octanol–water partition coefficient (Wildman–Crippen LogP) is 8.12. The average molecular weight is 602 g/mol. The van der Waals surface area contributed by atoms with Crippen molar-refractivity contribution in [3.63, 3.8) is 0 Å². The molecule has 0 N–H and O–H groups in total. The molecule has 1 aromatic rings. The standard InChI is InChI=1S/C27H31.C6H10.2ClH.Zr/c1-18-9-8-10-24(18)27(26(5,6)7)14-13-23-20(17-27)15-19-16-21(25(2,3)4)11-12-22(19)23;1-2-4-6-5-3-1;;;/h8-9,11-16H,10H2,1-7H3;1-5H2;2*1H;. The van der Waals surface area contributed by atoms with Crippen molar-refractivity contribution in [2.45, 2.75) is 92.4 Å². The fraction of sp³-hybridized carbons (Fsp3) is 0.485. The zero-order valence-corrected chi connectivity index (χ0v) is 27.3. The van der Waals surface area contributed by atoms with E-state index in [0.717, 1.165) is 6.42 Å². The number of halogens is 2. The van der Waals surface area contributed by atoms with E-state index < -0.39 is 22.8 Å². The third-order valence-electron chi connectivity index (χ3n) is 8.55. The second-order valence-corrected chi connectivity index (χ2v) is 16.4. The van der Waals surface area contributed by atoms with Crippen LogP contribution in [0.5, 0.6) is 0 Å². The molecule has 36 heavy (non-hydrogen) atoms. The van der Waals surface area contributed by atoms with Crippen LogP contribution in [0.25, 0.3) is 11.6 Å². The summed E-state index contributed by atoms with van der Waals surface area (Å²) in [7, 11) is 0. The molecule has 0 heterocycles. The zero-order valence-electron chi connectivity index (χ0n) is 23.2. The smallest absolute Gasteiger partial charge is 0.147 e. The van der Waals surface area contributed by atoms with E-state index in [1.807, 2.05) is 6.49 Å². The van der Waals surface area contributed by atoms with Gasteiger partial charge >= 0.3 is 219 Å². The van der Waals surface area contributed by atoms with Crippen LogP contribution in [0.3, 0.4) is 0 Å². The first-order chi connectivity index (χ1) is 16.0. The van der Waals surface area contributed by atoms with Gasteiger partial charge in [0.15, 0.2) is 0 Å². The number of benzene rings is 1. The summed E-state index contributed by atoms with van der Waals surface area (Å²) >= 11 is -0.862. The van der Waals surface area contributed by atoms with Crippen LogP contribution in [0, 0.1) is 10.8 Å². The van der Waals surface area contributed by atoms with Gasteiger partial charge in [0.25, 0.3) is 0 Å². The third-order valence-corrected chi connectivity index (χ3v) is 12.9. The minimum atomic E-state index is -0.862. The van der Waals surface area contributed by atoms with Crippen LogP contribution >= 0.6 is 24.8 Å². The summed E-state index contributed by atoms with van der Waals surface area (Å²) in [6, 6.07) is 7.24. The summed E-state index contributed by atoms with van der Waals surface area (Å²) in [5, 5.41) is 2.88. The van der Waals surface area contributed by atoms with E-state index in [-0.39, 0.29) is 41.1 Å². The van der Waals surface area contributed by atoms with E-state index >= 15 is 0 Å². The Bertz CT molecular complexity index is 1310. The molecule has 0 aromatic heterocycles. The number of fused-ring (bicyclic) bond motifs is 2. The van der Waals surface area contributed by atoms with Crippen molar-refractivity contribution in [1.29, 1.82) is 0 Å². The topological polar surface area (TPSA) is 0 Å². The Morgan fingerprint density at radius 3 is 2.14 bits per heavy atom. The van der Waals surface area contributed by atoms with Crippen molar-refractivity contribution >= 4 is 39.7 Å². The maximum Gasteiger partial charge on any atom is -0.147 e. The molecule has 0 saturated heterocycles. The van der Waals surface area contributed by atoms with Crippen molar-refractivity contribution in [1.82, 2.24) is 0 Å². The molecular formula is C33H43Cl2Zr. The van der Waals surface area contributed by atoms with Crippen LogP contribution in [0.4, 0.5) is 0 Å². The van der Waals surface area contributed by atoms with Gasteiger partial charge < -0.3 is 0 Å². The van der Waals surface area contributed by atoms with Gasteiger partial charge in [0.2, 0.25) is 0 Å². The SMILES string of the molecule is CC1=C(C2(C(C)(C)C)C=CC3=c4ccc(C(C)(C)C)cc4=CC3=[C]2[Zr]=[C]2CCCCC2)CC=C1.Cl.Cl. The molecule has 0 nitrogen and oxygen atoms in total. The van der Waals surface area contributed by atoms with Crippen LogP contribution in [0.1, 0.15) is 92.6 Å². The predicted molar refractivity (Wildman–Crippen MR) is 159 cm³/mol. The second kappa shape index (κ2) is 10.8. The van der Waals surface area contributed by atoms with E-state index in [0.29, 0.717) is 0 Å². The molecule has 1 atom stereocenters. The summed E-state index contributed by atoms with van der Waals surface area (Å²) in [6.07, 6.45) is 20.7. The van der Waals surface area contributed by atoms with E-state index in [9.17, 15) is 0 Å². The number of rotatable bonds is 2. The van der Waals surface area contributed by atoms with Gasteiger partial charge in [0.1, 0.15) is 0 Å². The van der Waals surface area contributed by atoms with E-state index in [1.54, 1.807) is 11.1 Å². The molecule has 0 spiro atoms. The largest absolute Gasteiger partial charge is 0.147 e. The zero-order chi connectivity index (χ0) is 24.3. The van der Waals surface area contributed by atoms with Crippen molar-refractivity contribution in [2.75, 3.05) is 0 Å². The molecule has 1 unspecified atom stereocenters. The van der Waals surface area contributed by atoms with Gasteiger partial charge in [-0.25, -0.2) is 0 Å². The minimum Gasteiger partial charge on any atom is -0.147 e. The quantitative estimate of drug-likeness (QED) is 0.321.